The van der Waals surface area contributed by atoms with E-state index in [1.54, 1.807) is 11.9 Å². The summed E-state index contributed by atoms with van der Waals surface area (Å²) in [5.41, 5.74) is 7.26. The van der Waals surface area contributed by atoms with Crippen molar-refractivity contribution in [3.05, 3.63) is 24.3 Å². The Balaban J connectivity index is 2.69. The van der Waals surface area contributed by atoms with Gasteiger partial charge in [-0.1, -0.05) is 32.8 Å². The number of amides is 1. The van der Waals surface area contributed by atoms with E-state index < -0.39 is 0 Å². The predicted octanol–water partition coefficient (Wildman–Crippen LogP) is 3.06. The van der Waals surface area contributed by atoms with Gasteiger partial charge >= 0.3 is 0 Å². The Morgan fingerprint density at radius 3 is 2.76 bits per heavy atom. The van der Waals surface area contributed by atoms with Gasteiger partial charge in [0.1, 0.15) is 0 Å². The average Bonchev–Trinajstić information content (AvgIpc) is 2.34. The molecule has 17 heavy (non-hydrogen) atoms. The molecule has 0 heterocycles. The molecule has 2 N–H and O–H groups in total. The first-order chi connectivity index (χ1) is 8.06. The van der Waals surface area contributed by atoms with Crippen molar-refractivity contribution in [3.63, 3.8) is 0 Å². The maximum absolute atomic E-state index is 12.1. The number of carbonyl (C=O) groups excluding carboxylic acids is 1. The number of anilines is 2. The Hall–Kier alpha value is -1.51. The highest BCUT2D eigenvalue weighted by atomic mass is 16.2. The van der Waals surface area contributed by atoms with E-state index in [1.165, 1.54) is 0 Å². The quantitative estimate of drug-likeness (QED) is 0.796. The molecule has 1 aromatic carbocycles. The number of benzene rings is 1. The van der Waals surface area contributed by atoms with Crippen molar-refractivity contribution in [2.75, 3.05) is 17.7 Å². The Morgan fingerprint density at radius 1 is 1.47 bits per heavy atom. The summed E-state index contributed by atoms with van der Waals surface area (Å²) in [7, 11) is 1.81. The van der Waals surface area contributed by atoms with Crippen LogP contribution in [0.15, 0.2) is 24.3 Å². The van der Waals surface area contributed by atoms with Crippen molar-refractivity contribution in [1.82, 2.24) is 0 Å². The first-order valence-corrected chi connectivity index (χ1v) is 6.19. The van der Waals surface area contributed by atoms with Crippen molar-refractivity contribution in [2.24, 2.45) is 5.92 Å². The molecule has 3 nitrogen and oxygen atoms in total. The van der Waals surface area contributed by atoms with Crippen molar-refractivity contribution in [2.45, 2.75) is 33.1 Å². The summed E-state index contributed by atoms with van der Waals surface area (Å²) in [6.45, 7) is 4.12. The fraction of sp³-hybridized carbons (Fsp3) is 0.500. The highest BCUT2D eigenvalue weighted by molar-refractivity contribution is 5.94. The van der Waals surface area contributed by atoms with E-state index in [4.69, 9.17) is 5.73 Å². The van der Waals surface area contributed by atoms with Gasteiger partial charge in [-0.3, -0.25) is 4.79 Å². The van der Waals surface area contributed by atoms with E-state index in [0.717, 1.165) is 24.9 Å². The van der Waals surface area contributed by atoms with Gasteiger partial charge in [0.2, 0.25) is 5.91 Å². The molecular formula is C14H22N2O. The molecule has 1 amide bonds. The van der Waals surface area contributed by atoms with Crippen LogP contribution in [0.25, 0.3) is 0 Å². The minimum atomic E-state index is 0.0707. The van der Waals surface area contributed by atoms with E-state index in [-0.39, 0.29) is 11.8 Å². The number of hydrogen-bond donors (Lipinski definition) is 1. The lowest BCUT2D eigenvalue weighted by molar-refractivity contribution is -0.121. The third-order valence-electron chi connectivity index (χ3n) is 3.00. The zero-order valence-electron chi connectivity index (χ0n) is 10.9. The van der Waals surface area contributed by atoms with E-state index in [1.807, 2.05) is 31.2 Å². The van der Waals surface area contributed by atoms with Crippen LogP contribution < -0.4 is 10.6 Å². The summed E-state index contributed by atoms with van der Waals surface area (Å²) >= 11 is 0. The summed E-state index contributed by atoms with van der Waals surface area (Å²) in [4.78, 5) is 13.8. The van der Waals surface area contributed by atoms with Crippen LogP contribution in [0.2, 0.25) is 0 Å². The molecule has 0 saturated carbocycles. The smallest absolute Gasteiger partial charge is 0.229 e. The molecule has 1 unspecified atom stereocenters. The predicted molar refractivity (Wildman–Crippen MR) is 73.0 cm³/mol. The molecule has 0 saturated heterocycles. The molecule has 0 aliphatic carbocycles. The van der Waals surface area contributed by atoms with E-state index in [0.29, 0.717) is 5.69 Å². The zero-order valence-corrected chi connectivity index (χ0v) is 10.9. The normalized spacial score (nSPS) is 12.2. The summed E-state index contributed by atoms with van der Waals surface area (Å²) in [5.74, 6) is 0.227. The molecule has 0 aliphatic rings. The van der Waals surface area contributed by atoms with Crippen LogP contribution in [-0.2, 0) is 4.79 Å². The molecule has 1 aromatic rings. The lowest BCUT2D eigenvalue weighted by atomic mass is 10.0. The molecule has 0 radical (unpaired) electrons. The van der Waals surface area contributed by atoms with Crippen LogP contribution in [0.5, 0.6) is 0 Å². The summed E-state index contributed by atoms with van der Waals surface area (Å²) in [6.07, 6.45) is 3.17. The molecule has 1 rings (SSSR count). The molecule has 1 atom stereocenters. The van der Waals surface area contributed by atoms with Gasteiger partial charge in [0, 0.05) is 24.3 Å². The highest BCUT2D eigenvalue weighted by Crippen LogP contribution is 2.19. The first-order valence-electron chi connectivity index (χ1n) is 6.19. The minimum Gasteiger partial charge on any atom is -0.399 e. The third-order valence-corrected chi connectivity index (χ3v) is 3.00. The van der Waals surface area contributed by atoms with Crippen LogP contribution in [0, 0.1) is 5.92 Å². The van der Waals surface area contributed by atoms with Crippen LogP contribution in [-0.4, -0.2) is 13.0 Å². The number of nitrogens with two attached hydrogens (primary N) is 1. The SMILES string of the molecule is CCCCC(C)C(=O)N(C)c1cccc(N)c1. The largest absolute Gasteiger partial charge is 0.399 e. The number of hydrogen-bond acceptors (Lipinski definition) is 2. The fourth-order valence-corrected chi connectivity index (χ4v) is 1.83. The summed E-state index contributed by atoms with van der Waals surface area (Å²) < 4.78 is 0. The lowest BCUT2D eigenvalue weighted by Gasteiger charge is -2.21. The van der Waals surface area contributed by atoms with Gasteiger partial charge in [0.15, 0.2) is 0 Å². The zero-order chi connectivity index (χ0) is 12.8. The van der Waals surface area contributed by atoms with Crippen LogP contribution in [0.4, 0.5) is 11.4 Å². The monoisotopic (exact) mass is 234 g/mol. The van der Waals surface area contributed by atoms with E-state index in [2.05, 4.69) is 6.92 Å². The van der Waals surface area contributed by atoms with Gasteiger partial charge in [-0.2, -0.15) is 0 Å². The second kappa shape index (κ2) is 6.28. The molecule has 94 valence electrons. The number of nitrogen functional groups attached to an aromatic ring is 1. The first kappa shape index (κ1) is 13.6. The van der Waals surface area contributed by atoms with Crippen molar-refractivity contribution in [3.8, 4) is 0 Å². The Bertz CT molecular complexity index is 376. The lowest BCUT2D eigenvalue weighted by Crippen LogP contribution is -2.31. The number of rotatable bonds is 5. The van der Waals surface area contributed by atoms with Crippen molar-refractivity contribution < 1.29 is 4.79 Å². The topological polar surface area (TPSA) is 46.3 Å². The van der Waals surface area contributed by atoms with Crippen molar-refractivity contribution >= 4 is 17.3 Å². The maximum Gasteiger partial charge on any atom is 0.229 e. The van der Waals surface area contributed by atoms with Gasteiger partial charge in [-0.05, 0) is 24.6 Å². The molecule has 0 fully saturated rings. The number of unbranched alkanes of at least 4 members (excludes halogenated alkanes) is 1. The number of nitrogens with zero attached hydrogens (tertiary/aromatic N) is 1. The van der Waals surface area contributed by atoms with Gasteiger partial charge in [0.05, 0.1) is 0 Å². The number of carbonyl (C=O) groups is 1. The van der Waals surface area contributed by atoms with Crippen LogP contribution in [0.3, 0.4) is 0 Å². The van der Waals surface area contributed by atoms with Gasteiger partial charge in [-0.15, -0.1) is 0 Å². The Labute approximate surface area is 104 Å². The molecule has 0 bridgehead atoms. The second-order valence-electron chi connectivity index (χ2n) is 4.54. The van der Waals surface area contributed by atoms with Gasteiger partial charge in [-0.25, -0.2) is 0 Å². The Kier molecular flexibility index (Phi) is 5.01. The molecule has 3 heteroatoms. The summed E-state index contributed by atoms with van der Waals surface area (Å²) in [6, 6.07) is 7.42. The Morgan fingerprint density at radius 2 is 2.18 bits per heavy atom. The van der Waals surface area contributed by atoms with Crippen LogP contribution in [0.1, 0.15) is 33.1 Å². The second-order valence-corrected chi connectivity index (χ2v) is 4.54. The molecule has 0 aromatic heterocycles. The third kappa shape index (κ3) is 3.77. The van der Waals surface area contributed by atoms with Gasteiger partial charge < -0.3 is 10.6 Å². The molecule has 0 spiro atoms. The molecular weight excluding hydrogens is 212 g/mol. The van der Waals surface area contributed by atoms with E-state index in [9.17, 15) is 4.79 Å². The van der Waals surface area contributed by atoms with E-state index >= 15 is 0 Å². The maximum atomic E-state index is 12.1. The summed E-state index contributed by atoms with van der Waals surface area (Å²) in [5, 5.41) is 0. The fourth-order valence-electron chi connectivity index (χ4n) is 1.83. The average molecular weight is 234 g/mol. The van der Waals surface area contributed by atoms with Gasteiger partial charge in [0.25, 0.3) is 0 Å². The van der Waals surface area contributed by atoms with Crippen molar-refractivity contribution in [1.29, 1.82) is 0 Å². The van der Waals surface area contributed by atoms with Crippen LogP contribution >= 0.6 is 0 Å². The molecule has 0 aliphatic heterocycles. The standard InChI is InChI=1S/C14H22N2O/c1-4-5-7-11(2)14(17)16(3)13-9-6-8-12(15)10-13/h6,8-11H,4-5,7,15H2,1-3H3. The minimum absolute atomic E-state index is 0.0707. The highest BCUT2D eigenvalue weighted by Gasteiger charge is 2.18.